The first-order valence-electron chi connectivity index (χ1n) is 5.66. The molecule has 6 nitrogen and oxygen atoms in total. The van der Waals surface area contributed by atoms with E-state index in [1.54, 1.807) is 18.2 Å². The summed E-state index contributed by atoms with van der Waals surface area (Å²) >= 11 is 6.03. The third-order valence-electron chi connectivity index (χ3n) is 2.22. The summed E-state index contributed by atoms with van der Waals surface area (Å²) in [6.45, 7) is 2.11. The smallest absolute Gasteiger partial charge is 0.319 e. The van der Waals surface area contributed by atoms with E-state index in [0.717, 1.165) is 0 Å². The van der Waals surface area contributed by atoms with Crippen molar-refractivity contribution in [3.63, 3.8) is 0 Å². The van der Waals surface area contributed by atoms with E-state index in [0.29, 0.717) is 29.5 Å². The molecule has 0 aliphatic heterocycles. The number of urea groups is 1. The summed E-state index contributed by atoms with van der Waals surface area (Å²) in [5.74, 6) is 0.343. The molecule has 0 saturated heterocycles. The molecule has 0 radical (unpaired) electrons. The van der Waals surface area contributed by atoms with Crippen LogP contribution in [0.1, 0.15) is 6.92 Å². The highest BCUT2D eigenvalue weighted by molar-refractivity contribution is 6.35. The molecule has 0 aliphatic rings. The van der Waals surface area contributed by atoms with Gasteiger partial charge in [-0.05, 0) is 12.1 Å². The number of amides is 3. The minimum Gasteiger partial charge on any atom is -0.495 e. The topological polar surface area (TPSA) is 79.5 Å². The maximum atomic E-state index is 11.6. The molecule has 0 atom stereocenters. The monoisotopic (exact) mass is 285 g/mol. The third kappa shape index (κ3) is 5.05. The van der Waals surface area contributed by atoms with Crippen LogP contribution in [0, 0.1) is 0 Å². The van der Waals surface area contributed by atoms with Gasteiger partial charge < -0.3 is 20.7 Å². The third-order valence-corrected chi connectivity index (χ3v) is 2.61. The van der Waals surface area contributed by atoms with E-state index < -0.39 is 6.03 Å². The van der Waals surface area contributed by atoms with Gasteiger partial charge in [-0.25, -0.2) is 4.79 Å². The molecule has 0 fully saturated rings. The normalized spacial score (nSPS) is 9.63. The van der Waals surface area contributed by atoms with Crippen LogP contribution in [0.25, 0.3) is 0 Å². The zero-order valence-corrected chi connectivity index (χ0v) is 11.5. The van der Waals surface area contributed by atoms with Gasteiger partial charge >= 0.3 is 6.03 Å². The molecule has 3 amide bonds. The highest BCUT2D eigenvalue weighted by Gasteiger charge is 2.08. The number of hydrogen-bond donors (Lipinski definition) is 3. The zero-order chi connectivity index (χ0) is 14.3. The number of hydrogen-bond acceptors (Lipinski definition) is 3. The van der Waals surface area contributed by atoms with Crippen LogP contribution < -0.4 is 20.7 Å². The summed E-state index contributed by atoms with van der Waals surface area (Å²) in [6, 6.07) is 4.68. The van der Waals surface area contributed by atoms with E-state index in [1.165, 1.54) is 14.0 Å². The van der Waals surface area contributed by atoms with Crippen LogP contribution in [-0.4, -0.2) is 32.1 Å². The summed E-state index contributed by atoms with van der Waals surface area (Å²) in [7, 11) is 1.50. The number of nitrogens with one attached hydrogen (secondary N) is 3. The van der Waals surface area contributed by atoms with Crippen molar-refractivity contribution in [1.82, 2.24) is 10.6 Å². The van der Waals surface area contributed by atoms with Crippen molar-refractivity contribution < 1.29 is 14.3 Å². The van der Waals surface area contributed by atoms with Crippen LogP contribution in [0.15, 0.2) is 18.2 Å². The lowest BCUT2D eigenvalue weighted by Crippen LogP contribution is -2.36. The highest BCUT2D eigenvalue weighted by atomic mass is 35.5. The molecule has 0 heterocycles. The largest absolute Gasteiger partial charge is 0.495 e. The number of halogens is 1. The van der Waals surface area contributed by atoms with Gasteiger partial charge in [-0.2, -0.15) is 0 Å². The molecule has 0 aromatic heterocycles. The zero-order valence-electron chi connectivity index (χ0n) is 10.7. The predicted molar refractivity (Wildman–Crippen MR) is 73.7 cm³/mol. The Bertz CT molecular complexity index is 466. The molecule has 0 aliphatic carbocycles. The Balaban J connectivity index is 2.46. The van der Waals surface area contributed by atoms with Crippen molar-refractivity contribution in [3.05, 3.63) is 23.2 Å². The molecule has 1 rings (SSSR count). The van der Waals surface area contributed by atoms with E-state index in [9.17, 15) is 9.59 Å². The van der Waals surface area contributed by atoms with Crippen molar-refractivity contribution in [3.8, 4) is 5.75 Å². The molecule has 0 spiro atoms. The van der Waals surface area contributed by atoms with Gasteiger partial charge in [0.2, 0.25) is 5.91 Å². The van der Waals surface area contributed by atoms with Crippen LogP contribution in [-0.2, 0) is 4.79 Å². The molecule has 0 saturated carbocycles. The quantitative estimate of drug-likeness (QED) is 0.719. The maximum Gasteiger partial charge on any atom is 0.319 e. The Kier molecular flexibility index (Phi) is 5.95. The number of ether oxygens (including phenoxy) is 1. The Morgan fingerprint density at radius 2 is 1.95 bits per heavy atom. The van der Waals surface area contributed by atoms with E-state index >= 15 is 0 Å². The van der Waals surface area contributed by atoms with Crippen molar-refractivity contribution >= 4 is 29.2 Å². The molecule has 7 heteroatoms. The van der Waals surface area contributed by atoms with Gasteiger partial charge in [-0.15, -0.1) is 0 Å². The van der Waals surface area contributed by atoms with Crippen LogP contribution >= 0.6 is 11.6 Å². The summed E-state index contributed by atoms with van der Waals surface area (Å²) in [4.78, 5) is 22.2. The summed E-state index contributed by atoms with van der Waals surface area (Å²) in [5.41, 5.74) is 0.457. The van der Waals surface area contributed by atoms with Crippen LogP contribution in [0.2, 0.25) is 5.02 Å². The van der Waals surface area contributed by atoms with Gasteiger partial charge in [-0.3, -0.25) is 4.79 Å². The minimum absolute atomic E-state index is 0.141. The summed E-state index contributed by atoms with van der Waals surface area (Å²) in [6.07, 6.45) is 0. The molecule has 1 aromatic carbocycles. The molecular weight excluding hydrogens is 270 g/mol. The second-order valence-electron chi connectivity index (χ2n) is 3.69. The molecule has 0 unspecified atom stereocenters. The standard InChI is InChI=1S/C12H16ClN3O3/c1-8(17)14-6-7-15-12(18)16-9-4-3-5-10(19-2)11(9)13/h3-5H,6-7H2,1-2H3,(H,14,17)(H2,15,16,18). The van der Waals surface area contributed by atoms with Gasteiger partial charge in [0.15, 0.2) is 0 Å². The first-order valence-corrected chi connectivity index (χ1v) is 6.04. The first-order chi connectivity index (χ1) is 9.04. The second-order valence-corrected chi connectivity index (χ2v) is 4.06. The predicted octanol–water partition coefficient (Wildman–Crippen LogP) is 1.61. The van der Waals surface area contributed by atoms with Crippen molar-refractivity contribution in [2.24, 2.45) is 0 Å². The fourth-order valence-electron chi connectivity index (χ4n) is 1.35. The fraction of sp³-hybridized carbons (Fsp3) is 0.333. The van der Waals surface area contributed by atoms with Crippen molar-refractivity contribution in [2.75, 3.05) is 25.5 Å². The van der Waals surface area contributed by atoms with E-state index in [-0.39, 0.29) is 5.91 Å². The van der Waals surface area contributed by atoms with Crippen LogP contribution in [0.5, 0.6) is 5.75 Å². The molecule has 1 aromatic rings. The number of rotatable bonds is 5. The lowest BCUT2D eigenvalue weighted by molar-refractivity contribution is -0.118. The molecule has 104 valence electrons. The number of methoxy groups -OCH3 is 1. The van der Waals surface area contributed by atoms with Gasteiger partial charge in [0.1, 0.15) is 10.8 Å². The first kappa shape index (κ1) is 15.1. The Morgan fingerprint density at radius 3 is 2.58 bits per heavy atom. The Hall–Kier alpha value is -1.95. The summed E-state index contributed by atoms with van der Waals surface area (Å²) < 4.78 is 5.04. The SMILES string of the molecule is COc1cccc(NC(=O)NCCNC(C)=O)c1Cl. The molecule has 19 heavy (non-hydrogen) atoms. The Labute approximate surface area is 116 Å². The van der Waals surface area contributed by atoms with Gasteiger partial charge in [0.05, 0.1) is 12.8 Å². The van der Waals surface area contributed by atoms with E-state index in [4.69, 9.17) is 16.3 Å². The average Bonchev–Trinajstić information content (AvgIpc) is 2.37. The lowest BCUT2D eigenvalue weighted by Gasteiger charge is -2.11. The number of anilines is 1. The Morgan fingerprint density at radius 1 is 1.26 bits per heavy atom. The summed E-state index contributed by atoms with van der Waals surface area (Å²) in [5, 5.41) is 8.09. The van der Waals surface area contributed by atoms with Gasteiger partial charge in [0, 0.05) is 20.0 Å². The van der Waals surface area contributed by atoms with Gasteiger partial charge in [-0.1, -0.05) is 17.7 Å². The van der Waals surface area contributed by atoms with Gasteiger partial charge in [0.25, 0.3) is 0 Å². The van der Waals surface area contributed by atoms with Crippen molar-refractivity contribution in [1.29, 1.82) is 0 Å². The highest BCUT2D eigenvalue weighted by Crippen LogP contribution is 2.31. The molecule has 3 N–H and O–H groups in total. The number of carbonyl (C=O) groups excluding carboxylic acids is 2. The molecular formula is C12H16ClN3O3. The number of carbonyl (C=O) groups is 2. The molecule has 0 bridgehead atoms. The fourth-order valence-corrected chi connectivity index (χ4v) is 1.60. The number of benzene rings is 1. The van der Waals surface area contributed by atoms with E-state index in [2.05, 4.69) is 16.0 Å². The van der Waals surface area contributed by atoms with Crippen LogP contribution in [0.3, 0.4) is 0 Å². The van der Waals surface area contributed by atoms with Crippen molar-refractivity contribution in [2.45, 2.75) is 6.92 Å². The minimum atomic E-state index is -0.402. The maximum absolute atomic E-state index is 11.6. The second kappa shape index (κ2) is 7.48. The van der Waals surface area contributed by atoms with E-state index in [1.807, 2.05) is 0 Å². The lowest BCUT2D eigenvalue weighted by atomic mass is 10.3. The van der Waals surface area contributed by atoms with Crippen LogP contribution in [0.4, 0.5) is 10.5 Å². The average molecular weight is 286 g/mol.